The Hall–Kier alpha value is -1.62. The molecule has 25 heavy (non-hydrogen) atoms. The molecule has 1 aromatic rings. The van der Waals surface area contributed by atoms with Gasteiger partial charge >= 0.3 is 0 Å². The molecule has 4 aliphatic rings. The summed E-state index contributed by atoms with van der Waals surface area (Å²) in [7, 11) is 0. The molecule has 1 aromatic carbocycles. The minimum Gasteiger partial charge on any atom is -0.355 e. The van der Waals surface area contributed by atoms with E-state index in [9.17, 15) is 4.79 Å². The van der Waals surface area contributed by atoms with Gasteiger partial charge in [0.1, 0.15) is 0 Å². The average molecular weight is 358 g/mol. The van der Waals surface area contributed by atoms with E-state index in [1.807, 2.05) is 18.2 Å². The van der Waals surface area contributed by atoms with E-state index < -0.39 is 0 Å². The number of thiocarbonyl (C=S) groups is 1. The van der Waals surface area contributed by atoms with Gasteiger partial charge in [0.05, 0.1) is 11.5 Å². The summed E-state index contributed by atoms with van der Waals surface area (Å²) >= 11 is 5.35. The summed E-state index contributed by atoms with van der Waals surface area (Å²) < 4.78 is 0. The van der Waals surface area contributed by atoms with Crippen LogP contribution in [-0.4, -0.2) is 11.0 Å². The lowest BCUT2D eigenvalue weighted by Gasteiger charge is -2.55. The highest BCUT2D eigenvalue weighted by Gasteiger charge is 2.54. The van der Waals surface area contributed by atoms with Crippen LogP contribution >= 0.6 is 12.2 Å². The first kappa shape index (κ1) is 16.8. The zero-order chi connectivity index (χ0) is 17.4. The van der Waals surface area contributed by atoms with E-state index in [1.54, 1.807) is 0 Å². The number of amides is 1. The van der Waals surface area contributed by atoms with Crippen molar-refractivity contribution < 1.29 is 4.79 Å². The van der Waals surface area contributed by atoms with Crippen molar-refractivity contribution in [2.45, 2.75) is 51.5 Å². The van der Waals surface area contributed by atoms with Crippen molar-refractivity contribution in [2.75, 3.05) is 0 Å². The zero-order valence-corrected chi connectivity index (χ0v) is 15.6. The van der Waals surface area contributed by atoms with Gasteiger partial charge in [-0.05, 0) is 81.0 Å². The summed E-state index contributed by atoms with van der Waals surface area (Å²) in [5.74, 6) is 2.43. The lowest BCUT2D eigenvalue weighted by molar-refractivity contribution is -0.146. The molecule has 0 unspecified atom stereocenters. The number of hydrogen-bond donors (Lipinski definition) is 3. The summed E-state index contributed by atoms with van der Waals surface area (Å²) in [5, 5.41) is 3.70. The van der Waals surface area contributed by atoms with Gasteiger partial charge in [-0.25, -0.2) is 0 Å². The summed E-state index contributed by atoms with van der Waals surface area (Å²) in [4.78, 5) is 12.9. The number of hydrazine groups is 1. The average Bonchev–Trinajstić information content (AvgIpc) is 2.59. The maximum atomic E-state index is 12.9. The van der Waals surface area contributed by atoms with Crippen molar-refractivity contribution in [2.24, 2.45) is 23.2 Å². The van der Waals surface area contributed by atoms with Crippen molar-refractivity contribution in [3.63, 3.8) is 0 Å². The Labute approximate surface area is 155 Å². The molecule has 0 aliphatic heterocycles. The van der Waals surface area contributed by atoms with Gasteiger partial charge in [-0.3, -0.25) is 15.6 Å². The number of hydrogen-bond acceptors (Lipinski definition) is 2. The fourth-order valence-electron chi connectivity index (χ4n) is 5.69. The van der Waals surface area contributed by atoms with Crippen LogP contribution in [0.1, 0.15) is 57.1 Å². The highest BCUT2D eigenvalue weighted by atomic mass is 32.1. The predicted molar refractivity (Wildman–Crippen MR) is 102 cm³/mol. The van der Waals surface area contributed by atoms with Crippen LogP contribution in [-0.2, 0) is 4.79 Å². The van der Waals surface area contributed by atoms with E-state index in [2.05, 4.69) is 35.2 Å². The fraction of sp³-hybridized carbons (Fsp3) is 0.600. The standard InChI is InChI=1S/C20H27N3OS/c1-13(17-5-3-2-4-6-17)21-19(25)23-22-18(24)20-10-14-7-15(11-20)9-16(8-14)12-20/h2-6,13-16H,7-12H2,1H3,(H,22,24)(H2,21,23,25)/t13-,14?,15?,16?,20?/m1/s1. The van der Waals surface area contributed by atoms with Crippen molar-refractivity contribution in [1.82, 2.24) is 16.2 Å². The molecule has 0 heterocycles. The van der Waals surface area contributed by atoms with Crippen LogP contribution in [0.3, 0.4) is 0 Å². The number of carbonyl (C=O) groups excluding carboxylic acids is 1. The molecule has 0 radical (unpaired) electrons. The molecule has 0 spiro atoms. The summed E-state index contributed by atoms with van der Waals surface area (Å²) in [6, 6.07) is 10.2. The number of benzene rings is 1. The van der Waals surface area contributed by atoms with E-state index in [1.165, 1.54) is 24.8 Å². The Morgan fingerprint density at radius 3 is 2.16 bits per heavy atom. The van der Waals surface area contributed by atoms with Crippen LogP contribution in [0.4, 0.5) is 0 Å². The molecule has 1 amide bonds. The van der Waals surface area contributed by atoms with Crippen LogP contribution in [0.2, 0.25) is 0 Å². The minimum absolute atomic E-state index is 0.0950. The Morgan fingerprint density at radius 1 is 1.04 bits per heavy atom. The molecule has 134 valence electrons. The Balaban J connectivity index is 1.31. The Morgan fingerprint density at radius 2 is 1.60 bits per heavy atom. The van der Waals surface area contributed by atoms with Crippen molar-refractivity contribution in [3.8, 4) is 0 Å². The normalized spacial score (nSPS) is 33.6. The van der Waals surface area contributed by atoms with Crippen molar-refractivity contribution in [1.29, 1.82) is 0 Å². The third kappa shape index (κ3) is 3.39. The first-order valence-electron chi connectivity index (χ1n) is 9.46. The van der Waals surface area contributed by atoms with Crippen LogP contribution < -0.4 is 16.2 Å². The quantitative estimate of drug-likeness (QED) is 0.573. The smallest absolute Gasteiger partial charge is 0.244 e. The second kappa shape index (κ2) is 6.60. The Kier molecular flexibility index (Phi) is 4.44. The number of nitrogens with one attached hydrogen (secondary N) is 3. The number of carbonyl (C=O) groups is 1. The highest BCUT2D eigenvalue weighted by Crippen LogP contribution is 2.59. The van der Waals surface area contributed by atoms with E-state index in [0.717, 1.165) is 37.0 Å². The third-order valence-electron chi connectivity index (χ3n) is 6.46. The maximum Gasteiger partial charge on any atom is 0.244 e. The molecule has 4 bridgehead atoms. The minimum atomic E-state index is -0.150. The molecule has 5 heteroatoms. The predicted octanol–water partition coefficient (Wildman–Crippen LogP) is 3.46. The molecule has 0 aromatic heterocycles. The largest absolute Gasteiger partial charge is 0.355 e. The van der Waals surface area contributed by atoms with Crippen LogP contribution in [0.25, 0.3) is 0 Å². The second-order valence-electron chi connectivity index (χ2n) is 8.38. The molecular formula is C20H27N3OS. The topological polar surface area (TPSA) is 53.2 Å². The van der Waals surface area contributed by atoms with E-state index in [0.29, 0.717) is 5.11 Å². The molecule has 4 saturated carbocycles. The van der Waals surface area contributed by atoms with Gasteiger partial charge in [0.15, 0.2) is 5.11 Å². The molecule has 4 fully saturated rings. The van der Waals surface area contributed by atoms with E-state index in [-0.39, 0.29) is 17.4 Å². The van der Waals surface area contributed by atoms with Crippen LogP contribution in [0.15, 0.2) is 30.3 Å². The SMILES string of the molecule is C[C@@H](NC(=S)NNC(=O)C12CC3CC(CC(C3)C1)C2)c1ccccc1. The molecule has 4 aliphatic carbocycles. The summed E-state index contributed by atoms with van der Waals surface area (Å²) in [6.45, 7) is 2.06. The van der Waals surface area contributed by atoms with E-state index >= 15 is 0 Å². The van der Waals surface area contributed by atoms with Crippen molar-refractivity contribution in [3.05, 3.63) is 35.9 Å². The first-order valence-corrected chi connectivity index (χ1v) is 9.87. The molecule has 1 atom stereocenters. The first-order chi connectivity index (χ1) is 12.0. The monoisotopic (exact) mass is 357 g/mol. The van der Waals surface area contributed by atoms with Gasteiger partial charge in [-0.2, -0.15) is 0 Å². The summed E-state index contributed by atoms with van der Waals surface area (Å²) in [5.41, 5.74) is 6.85. The molecule has 3 N–H and O–H groups in total. The number of rotatable bonds is 3. The molecule has 4 nitrogen and oxygen atoms in total. The van der Waals surface area contributed by atoms with Gasteiger partial charge in [0, 0.05) is 0 Å². The zero-order valence-electron chi connectivity index (χ0n) is 14.8. The van der Waals surface area contributed by atoms with Crippen LogP contribution in [0.5, 0.6) is 0 Å². The third-order valence-corrected chi connectivity index (χ3v) is 6.68. The van der Waals surface area contributed by atoms with Crippen molar-refractivity contribution >= 4 is 23.2 Å². The summed E-state index contributed by atoms with van der Waals surface area (Å²) in [6.07, 6.45) is 7.21. The molecular weight excluding hydrogens is 330 g/mol. The lowest BCUT2D eigenvalue weighted by Crippen LogP contribution is -2.57. The fourth-order valence-corrected chi connectivity index (χ4v) is 5.92. The van der Waals surface area contributed by atoms with Gasteiger partial charge < -0.3 is 5.32 Å². The maximum absolute atomic E-state index is 12.9. The van der Waals surface area contributed by atoms with Gasteiger partial charge in [0.25, 0.3) is 0 Å². The lowest BCUT2D eigenvalue weighted by atomic mass is 9.49. The molecule has 0 saturated heterocycles. The van der Waals surface area contributed by atoms with Gasteiger partial charge in [-0.15, -0.1) is 0 Å². The molecule has 5 rings (SSSR count). The highest BCUT2D eigenvalue weighted by molar-refractivity contribution is 7.80. The van der Waals surface area contributed by atoms with Gasteiger partial charge in [-0.1, -0.05) is 30.3 Å². The Bertz CT molecular complexity index is 625. The van der Waals surface area contributed by atoms with Crippen LogP contribution in [0, 0.1) is 23.2 Å². The van der Waals surface area contributed by atoms with E-state index in [4.69, 9.17) is 12.2 Å². The second-order valence-corrected chi connectivity index (χ2v) is 8.79. The van der Waals surface area contributed by atoms with Gasteiger partial charge in [0.2, 0.25) is 5.91 Å².